The lowest BCUT2D eigenvalue weighted by atomic mass is 9.98. The van der Waals surface area contributed by atoms with Crippen molar-refractivity contribution in [2.45, 2.75) is 6.42 Å². The van der Waals surface area contributed by atoms with Crippen molar-refractivity contribution in [3.8, 4) is 0 Å². The van der Waals surface area contributed by atoms with Crippen LogP contribution in [0.5, 0.6) is 0 Å². The molecule has 0 radical (unpaired) electrons. The summed E-state index contributed by atoms with van der Waals surface area (Å²) >= 11 is 0. The van der Waals surface area contributed by atoms with Gasteiger partial charge in [0.15, 0.2) is 0 Å². The Labute approximate surface area is 65.9 Å². The zero-order valence-corrected chi connectivity index (χ0v) is 6.33. The van der Waals surface area contributed by atoms with Crippen molar-refractivity contribution in [1.29, 1.82) is 0 Å². The molecule has 2 N–H and O–H groups in total. The second kappa shape index (κ2) is 2.47. The van der Waals surface area contributed by atoms with Crippen LogP contribution in [0.4, 0.5) is 0 Å². The Morgan fingerprint density at radius 2 is 1.55 bits per heavy atom. The van der Waals surface area contributed by atoms with Gasteiger partial charge in [0.1, 0.15) is 0 Å². The predicted molar refractivity (Wildman–Crippen MR) is 41.9 cm³/mol. The van der Waals surface area contributed by atoms with Crippen LogP contribution in [0.1, 0.15) is 6.42 Å². The molecule has 0 amide bonds. The van der Waals surface area contributed by atoms with Crippen molar-refractivity contribution in [2.24, 2.45) is 11.8 Å². The van der Waals surface area contributed by atoms with Gasteiger partial charge in [-0.25, -0.2) is 0 Å². The van der Waals surface area contributed by atoms with Crippen LogP contribution >= 0.6 is 0 Å². The number of allylic oxidation sites excluding steroid dienone is 2. The molecular weight excluding hydrogens is 140 g/mol. The Bertz CT molecular complexity index is 206. The SMILES string of the molecule is OCC1=C(CO)[C@H]2C=C[C@@H]1C2. The van der Waals surface area contributed by atoms with Crippen LogP contribution in [0.15, 0.2) is 23.3 Å². The fourth-order valence-corrected chi connectivity index (χ4v) is 2.13. The Morgan fingerprint density at radius 1 is 1.09 bits per heavy atom. The highest BCUT2D eigenvalue weighted by Gasteiger charge is 2.33. The standard InChI is InChI=1S/C9H12O2/c10-4-8-6-1-2-7(3-6)9(8)5-11/h1-2,6-7,10-11H,3-5H2/t6-,7+. The minimum absolute atomic E-state index is 0.113. The van der Waals surface area contributed by atoms with E-state index in [-0.39, 0.29) is 13.2 Å². The van der Waals surface area contributed by atoms with Gasteiger partial charge in [0.25, 0.3) is 0 Å². The van der Waals surface area contributed by atoms with E-state index >= 15 is 0 Å². The third-order valence-electron chi connectivity index (χ3n) is 2.73. The highest BCUT2D eigenvalue weighted by Crippen LogP contribution is 2.42. The van der Waals surface area contributed by atoms with Gasteiger partial charge in [-0.1, -0.05) is 12.2 Å². The van der Waals surface area contributed by atoms with Crippen molar-refractivity contribution in [2.75, 3.05) is 13.2 Å². The number of hydrogen-bond donors (Lipinski definition) is 2. The van der Waals surface area contributed by atoms with Crippen molar-refractivity contribution >= 4 is 0 Å². The van der Waals surface area contributed by atoms with E-state index in [4.69, 9.17) is 10.2 Å². The molecule has 2 bridgehead atoms. The fourth-order valence-electron chi connectivity index (χ4n) is 2.13. The molecule has 0 aromatic carbocycles. The first kappa shape index (κ1) is 7.07. The molecule has 0 heterocycles. The Hall–Kier alpha value is -0.600. The number of rotatable bonds is 2. The van der Waals surface area contributed by atoms with E-state index in [2.05, 4.69) is 12.2 Å². The zero-order chi connectivity index (χ0) is 7.84. The van der Waals surface area contributed by atoms with E-state index in [0.717, 1.165) is 17.6 Å². The van der Waals surface area contributed by atoms with Crippen LogP contribution in [0, 0.1) is 11.8 Å². The first-order valence-corrected chi connectivity index (χ1v) is 3.98. The van der Waals surface area contributed by atoms with Gasteiger partial charge in [0.05, 0.1) is 13.2 Å². The molecule has 0 aromatic rings. The Balaban J connectivity index is 2.30. The molecule has 60 valence electrons. The minimum atomic E-state index is 0.113. The molecule has 2 aliphatic rings. The van der Waals surface area contributed by atoms with Gasteiger partial charge in [-0.05, 0) is 17.6 Å². The van der Waals surface area contributed by atoms with Crippen molar-refractivity contribution in [3.63, 3.8) is 0 Å². The van der Waals surface area contributed by atoms with Crippen LogP contribution in [0.2, 0.25) is 0 Å². The highest BCUT2D eigenvalue weighted by atomic mass is 16.3. The number of aliphatic hydroxyl groups excluding tert-OH is 2. The summed E-state index contributed by atoms with van der Waals surface area (Å²) in [7, 11) is 0. The summed E-state index contributed by atoms with van der Waals surface area (Å²) in [4.78, 5) is 0. The third kappa shape index (κ3) is 0.865. The number of aliphatic hydroxyl groups is 2. The van der Waals surface area contributed by atoms with Gasteiger partial charge in [-0.3, -0.25) is 0 Å². The molecule has 0 saturated heterocycles. The lowest BCUT2D eigenvalue weighted by Crippen LogP contribution is -2.05. The maximum absolute atomic E-state index is 8.99. The summed E-state index contributed by atoms with van der Waals surface area (Å²) in [5, 5.41) is 18.0. The normalized spacial score (nSPS) is 34.0. The summed E-state index contributed by atoms with van der Waals surface area (Å²) in [6.45, 7) is 0.225. The first-order chi connectivity index (χ1) is 5.36. The van der Waals surface area contributed by atoms with E-state index in [0.29, 0.717) is 11.8 Å². The van der Waals surface area contributed by atoms with Crippen molar-refractivity contribution in [3.05, 3.63) is 23.3 Å². The van der Waals surface area contributed by atoms with Gasteiger partial charge < -0.3 is 10.2 Å². The number of fused-ring (bicyclic) bond motifs is 2. The van der Waals surface area contributed by atoms with Gasteiger partial charge >= 0.3 is 0 Å². The summed E-state index contributed by atoms with van der Waals surface area (Å²) < 4.78 is 0. The van der Waals surface area contributed by atoms with Crippen LogP contribution in [0.25, 0.3) is 0 Å². The summed E-state index contributed by atoms with van der Waals surface area (Å²) in [6.07, 6.45) is 5.34. The molecule has 11 heavy (non-hydrogen) atoms. The molecule has 0 fully saturated rings. The van der Waals surface area contributed by atoms with Crippen LogP contribution in [0.3, 0.4) is 0 Å². The topological polar surface area (TPSA) is 40.5 Å². The molecule has 2 aliphatic carbocycles. The molecule has 0 aliphatic heterocycles. The van der Waals surface area contributed by atoms with Gasteiger partial charge in [-0.2, -0.15) is 0 Å². The summed E-state index contributed by atoms with van der Waals surface area (Å²) in [6, 6.07) is 0. The maximum atomic E-state index is 8.99. The molecule has 2 rings (SSSR count). The summed E-state index contributed by atoms with van der Waals surface area (Å²) in [5.74, 6) is 0.847. The van der Waals surface area contributed by atoms with E-state index in [1.807, 2.05) is 0 Å². The van der Waals surface area contributed by atoms with E-state index in [9.17, 15) is 0 Å². The predicted octanol–water partition coefficient (Wildman–Crippen LogP) is 0.474. The quantitative estimate of drug-likeness (QED) is 0.565. The average Bonchev–Trinajstić information content (AvgIpc) is 2.60. The van der Waals surface area contributed by atoms with Crippen LogP contribution < -0.4 is 0 Å². The monoisotopic (exact) mass is 152 g/mol. The molecule has 0 saturated carbocycles. The molecule has 2 nitrogen and oxygen atoms in total. The van der Waals surface area contributed by atoms with Gasteiger partial charge in [0.2, 0.25) is 0 Å². The van der Waals surface area contributed by atoms with Gasteiger partial charge in [0, 0.05) is 11.8 Å². The van der Waals surface area contributed by atoms with E-state index < -0.39 is 0 Å². The maximum Gasteiger partial charge on any atom is 0.0651 e. The second-order valence-corrected chi connectivity index (χ2v) is 3.20. The second-order valence-electron chi connectivity index (χ2n) is 3.20. The largest absolute Gasteiger partial charge is 0.392 e. The molecule has 2 atom stereocenters. The lowest BCUT2D eigenvalue weighted by Gasteiger charge is -2.11. The zero-order valence-electron chi connectivity index (χ0n) is 6.33. The molecule has 0 unspecified atom stereocenters. The van der Waals surface area contributed by atoms with Crippen LogP contribution in [-0.2, 0) is 0 Å². The highest BCUT2D eigenvalue weighted by molar-refractivity contribution is 5.37. The molecule has 0 spiro atoms. The van der Waals surface area contributed by atoms with Crippen molar-refractivity contribution < 1.29 is 10.2 Å². The number of hydrogen-bond acceptors (Lipinski definition) is 2. The van der Waals surface area contributed by atoms with Crippen molar-refractivity contribution in [1.82, 2.24) is 0 Å². The third-order valence-corrected chi connectivity index (χ3v) is 2.73. The summed E-state index contributed by atoms with van der Waals surface area (Å²) in [5.41, 5.74) is 2.11. The van der Waals surface area contributed by atoms with Gasteiger partial charge in [-0.15, -0.1) is 0 Å². The fraction of sp³-hybridized carbons (Fsp3) is 0.556. The average molecular weight is 152 g/mol. The Morgan fingerprint density at radius 3 is 1.91 bits per heavy atom. The smallest absolute Gasteiger partial charge is 0.0651 e. The van der Waals surface area contributed by atoms with E-state index in [1.165, 1.54) is 0 Å². The molecule has 0 aromatic heterocycles. The molecular formula is C9H12O2. The lowest BCUT2D eigenvalue weighted by molar-refractivity contribution is 0.305. The Kier molecular flexibility index (Phi) is 1.59. The first-order valence-electron chi connectivity index (χ1n) is 3.98. The van der Waals surface area contributed by atoms with E-state index in [1.54, 1.807) is 0 Å². The van der Waals surface area contributed by atoms with Crippen LogP contribution in [-0.4, -0.2) is 23.4 Å². The molecule has 2 heteroatoms. The minimum Gasteiger partial charge on any atom is -0.392 e.